The Hall–Kier alpha value is -2.44. The number of carbonyl (C=O) groups is 1. The largest absolute Gasteiger partial charge is 0.405 e. The second-order valence-electron chi connectivity index (χ2n) is 3.66. The predicted molar refractivity (Wildman–Crippen MR) is 62.8 cm³/mol. The molecule has 1 N–H and O–H groups in total. The summed E-state index contributed by atoms with van der Waals surface area (Å²) in [5.74, 6) is 0. The molecule has 2 aromatic heterocycles. The molecule has 0 unspecified atom stereocenters. The fourth-order valence-electron chi connectivity index (χ4n) is 1.80. The van der Waals surface area contributed by atoms with Crippen LogP contribution < -0.4 is 16.9 Å². The normalized spacial score (nSPS) is 10.7. The summed E-state index contributed by atoms with van der Waals surface area (Å²) in [7, 11) is 0. The first-order valence-electron chi connectivity index (χ1n) is 5.32. The summed E-state index contributed by atoms with van der Waals surface area (Å²) >= 11 is 0. The fraction of sp³-hybridized carbons (Fsp3) is 0.273. The average Bonchev–Trinajstić information content (AvgIpc) is 2.32. The van der Waals surface area contributed by atoms with Gasteiger partial charge < -0.3 is 9.21 Å². The third kappa shape index (κ3) is 1.79. The molecule has 0 aromatic carbocycles. The van der Waals surface area contributed by atoms with E-state index in [2.05, 4.69) is 4.98 Å². The zero-order valence-corrected chi connectivity index (χ0v) is 9.56. The fourth-order valence-corrected chi connectivity index (χ4v) is 1.80. The minimum Gasteiger partial charge on any atom is -0.405 e. The lowest BCUT2D eigenvalue weighted by Crippen LogP contribution is -2.32. The second kappa shape index (κ2) is 4.44. The van der Waals surface area contributed by atoms with Crippen LogP contribution in [0.5, 0.6) is 0 Å². The molecule has 0 aliphatic rings. The van der Waals surface area contributed by atoms with Gasteiger partial charge in [-0.25, -0.2) is 9.59 Å². The van der Waals surface area contributed by atoms with Crippen molar-refractivity contribution in [1.82, 2.24) is 9.55 Å². The van der Waals surface area contributed by atoms with Gasteiger partial charge in [0.15, 0.2) is 0 Å². The van der Waals surface area contributed by atoms with E-state index in [1.54, 1.807) is 6.92 Å². The number of aldehydes is 1. The molecule has 2 rings (SSSR count). The van der Waals surface area contributed by atoms with Crippen LogP contribution in [0, 0.1) is 0 Å². The number of rotatable bonds is 3. The molecule has 7 heteroatoms. The summed E-state index contributed by atoms with van der Waals surface area (Å²) in [5.41, 5.74) is -1.76. The molecular formula is C11H10N2O5. The highest BCUT2D eigenvalue weighted by Crippen LogP contribution is 2.11. The molecular weight excluding hydrogens is 240 g/mol. The molecule has 0 fully saturated rings. The minimum atomic E-state index is -0.781. The zero-order valence-electron chi connectivity index (χ0n) is 9.56. The Labute approximate surface area is 99.7 Å². The number of aryl methyl sites for hydroxylation is 1. The maximum Gasteiger partial charge on any atom is 0.337 e. The van der Waals surface area contributed by atoms with Crippen LogP contribution in [0.1, 0.15) is 12.5 Å². The van der Waals surface area contributed by atoms with Crippen LogP contribution in [-0.4, -0.2) is 15.8 Å². The minimum absolute atomic E-state index is 0.124. The van der Waals surface area contributed by atoms with Gasteiger partial charge in [0.25, 0.3) is 5.56 Å². The van der Waals surface area contributed by atoms with Gasteiger partial charge in [-0.05, 0) is 12.0 Å². The Morgan fingerprint density at radius 1 is 1.39 bits per heavy atom. The molecule has 0 atom stereocenters. The van der Waals surface area contributed by atoms with Gasteiger partial charge in [-0.15, -0.1) is 0 Å². The second-order valence-corrected chi connectivity index (χ2v) is 3.66. The van der Waals surface area contributed by atoms with Crippen molar-refractivity contribution in [3.63, 3.8) is 0 Å². The molecule has 7 nitrogen and oxygen atoms in total. The molecule has 0 amide bonds. The first-order valence-corrected chi connectivity index (χ1v) is 5.32. The zero-order chi connectivity index (χ0) is 13.3. The molecule has 0 saturated heterocycles. The van der Waals surface area contributed by atoms with Crippen LogP contribution >= 0.6 is 0 Å². The van der Waals surface area contributed by atoms with E-state index in [9.17, 15) is 19.2 Å². The maximum absolute atomic E-state index is 11.7. The van der Waals surface area contributed by atoms with Gasteiger partial charge in [-0.2, -0.15) is 0 Å². The SMILES string of the molecule is CCc1cc(=O)oc2c1c(=O)[nH]c(=O)n2CC=O. The quantitative estimate of drug-likeness (QED) is 0.733. The monoisotopic (exact) mass is 250 g/mol. The topological polar surface area (TPSA) is 102 Å². The van der Waals surface area contributed by atoms with Crippen LogP contribution in [-0.2, 0) is 17.8 Å². The molecule has 0 radical (unpaired) electrons. The van der Waals surface area contributed by atoms with Gasteiger partial charge in [-0.3, -0.25) is 14.3 Å². The molecule has 0 bridgehead atoms. The van der Waals surface area contributed by atoms with Gasteiger partial charge in [0.05, 0.1) is 6.54 Å². The van der Waals surface area contributed by atoms with Gasteiger partial charge in [0.2, 0.25) is 5.71 Å². The van der Waals surface area contributed by atoms with Crippen LogP contribution in [0.25, 0.3) is 11.1 Å². The summed E-state index contributed by atoms with van der Waals surface area (Å²) < 4.78 is 5.80. The molecule has 0 saturated carbocycles. The third-order valence-corrected chi connectivity index (χ3v) is 2.60. The summed E-state index contributed by atoms with van der Waals surface area (Å²) in [6, 6.07) is 1.20. The van der Waals surface area contributed by atoms with E-state index in [1.807, 2.05) is 0 Å². The number of aromatic amines is 1. The summed E-state index contributed by atoms with van der Waals surface area (Å²) in [5, 5.41) is 0.124. The van der Waals surface area contributed by atoms with Crippen LogP contribution in [0.3, 0.4) is 0 Å². The molecule has 0 aliphatic carbocycles. The highest BCUT2D eigenvalue weighted by Gasteiger charge is 2.13. The van der Waals surface area contributed by atoms with Crippen LogP contribution in [0.15, 0.2) is 24.9 Å². The number of carbonyl (C=O) groups excluding carboxylic acids is 1. The lowest BCUT2D eigenvalue weighted by Gasteiger charge is -2.06. The van der Waals surface area contributed by atoms with Crippen molar-refractivity contribution in [3.05, 3.63) is 42.9 Å². The molecule has 2 aromatic rings. The summed E-state index contributed by atoms with van der Waals surface area (Å²) in [4.78, 5) is 47.2. The van der Waals surface area contributed by atoms with E-state index in [0.717, 1.165) is 4.57 Å². The van der Waals surface area contributed by atoms with Gasteiger partial charge >= 0.3 is 11.3 Å². The van der Waals surface area contributed by atoms with E-state index >= 15 is 0 Å². The van der Waals surface area contributed by atoms with E-state index < -0.39 is 16.9 Å². The standard InChI is InChI=1S/C11H10N2O5/c1-2-6-5-7(15)18-10-8(6)9(16)12-11(17)13(10)3-4-14/h4-5H,2-3H2,1H3,(H,12,16,17). The highest BCUT2D eigenvalue weighted by molar-refractivity contribution is 5.76. The Kier molecular flexibility index (Phi) is 2.97. The number of aromatic nitrogens is 2. The molecule has 94 valence electrons. The Morgan fingerprint density at radius 2 is 2.11 bits per heavy atom. The van der Waals surface area contributed by atoms with Gasteiger partial charge in [0, 0.05) is 6.07 Å². The van der Waals surface area contributed by atoms with Crippen molar-refractivity contribution in [3.8, 4) is 0 Å². The van der Waals surface area contributed by atoms with E-state index in [0.29, 0.717) is 18.3 Å². The first-order chi connectivity index (χ1) is 8.58. The number of hydrogen-bond donors (Lipinski definition) is 1. The molecule has 2 heterocycles. The number of fused-ring (bicyclic) bond motifs is 1. The lowest BCUT2D eigenvalue weighted by atomic mass is 10.1. The smallest absolute Gasteiger partial charge is 0.337 e. The summed E-state index contributed by atoms with van der Waals surface area (Å²) in [6.07, 6.45) is 0.919. The predicted octanol–water partition coefficient (Wildman–Crippen LogP) is -0.596. The summed E-state index contributed by atoms with van der Waals surface area (Å²) in [6.45, 7) is 1.48. The van der Waals surface area contributed by atoms with Crippen molar-refractivity contribution in [2.75, 3.05) is 0 Å². The van der Waals surface area contributed by atoms with E-state index in [-0.39, 0.29) is 17.6 Å². The highest BCUT2D eigenvalue weighted by atomic mass is 16.4. The Bertz CT molecular complexity index is 781. The number of nitrogens with zero attached hydrogens (tertiary/aromatic N) is 1. The van der Waals surface area contributed by atoms with E-state index in [1.165, 1.54) is 6.07 Å². The number of hydrogen-bond acceptors (Lipinski definition) is 5. The molecule has 0 spiro atoms. The molecule has 0 aliphatic heterocycles. The van der Waals surface area contributed by atoms with Crippen LogP contribution in [0.4, 0.5) is 0 Å². The lowest BCUT2D eigenvalue weighted by molar-refractivity contribution is -0.108. The van der Waals surface area contributed by atoms with Crippen LogP contribution in [0.2, 0.25) is 0 Å². The number of H-pyrrole nitrogens is 1. The number of nitrogens with one attached hydrogen (secondary N) is 1. The van der Waals surface area contributed by atoms with E-state index in [4.69, 9.17) is 4.42 Å². The third-order valence-electron chi connectivity index (χ3n) is 2.60. The Morgan fingerprint density at radius 3 is 2.72 bits per heavy atom. The Balaban J connectivity index is 3.07. The van der Waals surface area contributed by atoms with Gasteiger partial charge in [-0.1, -0.05) is 6.92 Å². The van der Waals surface area contributed by atoms with Crippen molar-refractivity contribution in [1.29, 1.82) is 0 Å². The van der Waals surface area contributed by atoms with Crippen molar-refractivity contribution in [2.45, 2.75) is 19.9 Å². The van der Waals surface area contributed by atoms with Crippen molar-refractivity contribution >= 4 is 17.4 Å². The van der Waals surface area contributed by atoms with Crippen molar-refractivity contribution in [2.24, 2.45) is 0 Å². The molecule has 18 heavy (non-hydrogen) atoms. The van der Waals surface area contributed by atoms with Crippen molar-refractivity contribution < 1.29 is 9.21 Å². The maximum atomic E-state index is 11.7. The average molecular weight is 250 g/mol. The van der Waals surface area contributed by atoms with Gasteiger partial charge in [0.1, 0.15) is 11.7 Å². The first kappa shape index (κ1) is 12.0.